The van der Waals surface area contributed by atoms with Gasteiger partial charge in [0.15, 0.2) is 0 Å². The number of benzene rings is 1. The van der Waals surface area contributed by atoms with Crippen LogP contribution >= 0.6 is 11.6 Å². The van der Waals surface area contributed by atoms with Crippen LogP contribution in [0, 0.1) is 11.8 Å². The molecule has 34 heavy (non-hydrogen) atoms. The van der Waals surface area contributed by atoms with Crippen molar-refractivity contribution >= 4 is 23.5 Å². The summed E-state index contributed by atoms with van der Waals surface area (Å²) in [5.41, 5.74) is -2.35. The molecule has 1 aliphatic carbocycles. The van der Waals surface area contributed by atoms with Gasteiger partial charge in [-0.15, -0.1) is 13.9 Å². The molecule has 0 spiro atoms. The van der Waals surface area contributed by atoms with E-state index in [0.717, 1.165) is 31.7 Å². The van der Waals surface area contributed by atoms with Gasteiger partial charge < -0.3 is 14.7 Å². The average molecular weight is 498 g/mol. The topological polar surface area (TPSA) is 101 Å². The highest BCUT2D eigenvalue weighted by Crippen LogP contribution is 2.33. The van der Waals surface area contributed by atoms with Crippen molar-refractivity contribution in [1.82, 2.24) is 24.8 Å². The zero-order valence-electron chi connectivity index (χ0n) is 18.4. The van der Waals surface area contributed by atoms with E-state index in [2.05, 4.69) is 19.9 Å². The molecule has 0 radical (unpaired) electrons. The second kappa shape index (κ2) is 10.2. The van der Waals surface area contributed by atoms with Crippen LogP contribution in [0.3, 0.4) is 0 Å². The van der Waals surface area contributed by atoms with Crippen molar-refractivity contribution in [1.29, 1.82) is 0 Å². The first-order valence-corrected chi connectivity index (χ1v) is 11.6. The Balaban J connectivity index is 1.24. The van der Waals surface area contributed by atoms with E-state index in [0.29, 0.717) is 38.0 Å². The minimum Gasteiger partial charge on any atom is -0.481 e. The zero-order valence-corrected chi connectivity index (χ0v) is 19.2. The Hall–Kier alpha value is -2.79. The number of hydrogen-bond donors (Lipinski definition) is 1. The minimum atomic E-state index is -3.77. The smallest absolute Gasteiger partial charge is 0.481 e. The number of alkyl halides is 3. The summed E-state index contributed by atoms with van der Waals surface area (Å²) in [5, 5.41) is 17.6. The molecule has 2 aromatic rings. The maximum atomic E-state index is 12.8. The fourth-order valence-electron chi connectivity index (χ4n) is 4.59. The molecule has 1 saturated heterocycles. The van der Waals surface area contributed by atoms with Gasteiger partial charge in [0.25, 0.3) is 0 Å². The summed E-state index contributed by atoms with van der Waals surface area (Å²) in [6.45, 7) is 3.36. The van der Waals surface area contributed by atoms with E-state index < -0.39 is 23.4 Å². The Labute approximate surface area is 200 Å². The van der Waals surface area contributed by atoms with Gasteiger partial charge in [0, 0.05) is 50.7 Å². The van der Waals surface area contributed by atoms with Crippen LogP contribution < -0.4 is 4.74 Å². The van der Waals surface area contributed by atoms with Crippen LogP contribution in [0.4, 0.5) is 8.78 Å². The van der Waals surface area contributed by atoms with Crippen LogP contribution in [0.2, 0.25) is 0 Å². The number of nitrogens with zero attached hydrogens (tertiary/aromatic N) is 5. The van der Waals surface area contributed by atoms with E-state index in [-0.39, 0.29) is 11.7 Å². The van der Waals surface area contributed by atoms with Gasteiger partial charge >= 0.3 is 11.5 Å². The number of hydrogen-bond acceptors (Lipinski definition) is 6. The number of halogens is 3. The Kier molecular flexibility index (Phi) is 7.32. The average Bonchev–Trinajstić information content (AvgIpc) is 3.47. The fraction of sp³-hybridized carbons (Fsp3) is 0.545. The molecule has 9 nitrogen and oxygen atoms in total. The maximum Gasteiger partial charge on any atom is 0.487 e. The molecular weight excluding hydrogens is 472 g/mol. The lowest BCUT2D eigenvalue weighted by atomic mass is 9.94. The molecular formula is C22H26ClF2N5O4. The van der Waals surface area contributed by atoms with Gasteiger partial charge in [-0.25, -0.2) is 4.68 Å². The molecule has 1 N–H and O–H groups in total. The molecule has 1 aliphatic heterocycles. The quantitative estimate of drug-likeness (QED) is 0.559. The Morgan fingerprint density at radius 2 is 1.79 bits per heavy atom. The second-order valence-electron chi connectivity index (χ2n) is 8.60. The fourth-order valence-corrected chi connectivity index (χ4v) is 4.68. The van der Waals surface area contributed by atoms with Crippen molar-refractivity contribution in [3.05, 3.63) is 36.2 Å². The molecule has 2 atom stereocenters. The molecule has 1 saturated carbocycles. The highest BCUT2D eigenvalue weighted by molar-refractivity contribution is 6.20. The molecule has 1 amide bonds. The van der Waals surface area contributed by atoms with E-state index in [1.54, 1.807) is 27.9 Å². The van der Waals surface area contributed by atoms with E-state index in [1.807, 2.05) is 0 Å². The molecule has 0 bridgehead atoms. The molecule has 0 unspecified atom stereocenters. The number of aromatic nitrogens is 3. The third-order valence-corrected chi connectivity index (χ3v) is 6.47. The monoisotopic (exact) mass is 497 g/mol. The SMILES string of the molecule is O=C(O)[C@@H]1CCC[C@H]1C(=O)N1CCN(CCc2cn(-c3ccc(OC(F)(F)Cl)cc3)nn2)CC1. The van der Waals surface area contributed by atoms with Crippen LogP contribution in [-0.2, 0) is 16.0 Å². The summed E-state index contributed by atoms with van der Waals surface area (Å²) in [5.74, 6) is -1.92. The Bertz CT molecular complexity index is 1010. The van der Waals surface area contributed by atoms with E-state index in [1.165, 1.54) is 12.1 Å². The van der Waals surface area contributed by atoms with Crippen molar-refractivity contribution in [3.8, 4) is 11.4 Å². The number of carbonyl (C=O) groups excluding carboxylic acids is 1. The Morgan fingerprint density at radius 1 is 1.12 bits per heavy atom. The summed E-state index contributed by atoms with van der Waals surface area (Å²) in [4.78, 5) is 28.2. The van der Waals surface area contributed by atoms with Crippen molar-refractivity contribution < 1.29 is 28.2 Å². The van der Waals surface area contributed by atoms with E-state index in [9.17, 15) is 23.5 Å². The van der Waals surface area contributed by atoms with Crippen LogP contribution in [0.25, 0.3) is 5.69 Å². The summed E-state index contributed by atoms with van der Waals surface area (Å²) in [7, 11) is 0. The zero-order chi connectivity index (χ0) is 24.3. The molecule has 2 aliphatic rings. The molecule has 1 aromatic heterocycles. The molecule has 1 aromatic carbocycles. The van der Waals surface area contributed by atoms with Crippen LogP contribution in [-0.4, -0.2) is 80.1 Å². The summed E-state index contributed by atoms with van der Waals surface area (Å²) in [6.07, 6.45) is 4.46. The van der Waals surface area contributed by atoms with Gasteiger partial charge in [-0.3, -0.25) is 14.5 Å². The van der Waals surface area contributed by atoms with Crippen molar-refractivity contribution in [2.75, 3.05) is 32.7 Å². The highest BCUT2D eigenvalue weighted by Gasteiger charge is 2.40. The van der Waals surface area contributed by atoms with Crippen LogP contribution in [0.5, 0.6) is 5.75 Å². The normalized spacial score (nSPS) is 21.6. The summed E-state index contributed by atoms with van der Waals surface area (Å²) < 4.78 is 31.3. The number of carboxylic acid groups (broad SMARTS) is 1. The first-order valence-electron chi connectivity index (χ1n) is 11.2. The van der Waals surface area contributed by atoms with E-state index >= 15 is 0 Å². The molecule has 12 heteroatoms. The minimum absolute atomic E-state index is 0.0290. The van der Waals surface area contributed by atoms with E-state index in [4.69, 9.17) is 11.6 Å². The predicted octanol–water partition coefficient (Wildman–Crippen LogP) is 2.62. The number of carboxylic acids is 1. The third-order valence-electron chi connectivity index (χ3n) is 6.39. The standard InChI is InChI=1S/C22H26ClF2N5O4/c23-22(24,25)34-17-6-4-16(5-7-17)30-14-15(26-27-30)8-9-28-10-12-29(13-11-28)20(31)18-2-1-3-19(18)21(32)33/h4-7,14,18-19H,1-3,8-13H2,(H,32,33)/t18-,19-/m1/s1. The first kappa shape index (κ1) is 24.3. The lowest BCUT2D eigenvalue weighted by molar-refractivity contribution is -0.149. The van der Waals surface area contributed by atoms with Gasteiger partial charge in [-0.2, -0.15) is 0 Å². The number of piperazine rings is 1. The van der Waals surface area contributed by atoms with Gasteiger partial charge in [-0.1, -0.05) is 11.6 Å². The number of amides is 1. The van der Waals surface area contributed by atoms with Gasteiger partial charge in [0.05, 0.1) is 29.4 Å². The van der Waals surface area contributed by atoms with Crippen molar-refractivity contribution in [3.63, 3.8) is 0 Å². The van der Waals surface area contributed by atoms with Gasteiger partial charge in [0.2, 0.25) is 5.91 Å². The summed E-state index contributed by atoms with van der Waals surface area (Å²) in [6, 6.07) is 5.90. The molecule has 4 rings (SSSR count). The van der Waals surface area contributed by atoms with Crippen molar-refractivity contribution in [2.24, 2.45) is 11.8 Å². The molecule has 2 heterocycles. The number of ether oxygens (including phenoxy) is 1. The number of rotatable bonds is 8. The Morgan fingerprint density at radius 3 is 2.44 bits per heavy atom. The highest BCUT2D eigenvalue weighted by atomic mass is 35.5. The number of carbonyl (C=O) groups is 2. The van der Waals surface area contributed by atoms with Gasteiger partial charge in [0.1, 0.15) is 5.75 Å². The first-order chi connectivity index (χ1) is 16.2. The molecule has 2 fully saturated rings. The van der Waals surface area contributed by atoms with Crippen molar-refractivity contribution in [2.45, 2.75) is 31.3 Å². The second-order valence-corrected chi connectivity index (χ2v) is 9.04. The van der Waals surface area contributed by atoms with Crippen LogP contribution in [0.15, 0.2) is 30.5 Å². The van der Waals surface area contributed by atoms with Crippen LogP contribution in [0.1, 0.15) is 25.0 Å². The lowest BCUT2D eigenvalue weighted by Gasteiger charge is -2.36. The van der Waals surface area contributed by atoms with Gasteiger partial charge in [-0.05, 0) is 37.1 Å². The largest absolute Gasteiger partial charge is 0.487 e. The predicted molar refractivity (Wildman–Crippen MR) is 118 cm³/mol. The molecule has 184 valence electrons. The number of aliphatic carboxylic acids is 1. The maximum absolute atomic E-state index is 12.8. The lowest BCUT2D eigenvalue weighted by Crippen LogP contribution is -2.51. The summed E-state index contributed by atoms with van der Waals surface area (Å²) >= 11 is 4.77. The third kappa shape index (κ3) is 6.01.